The summed E-state index contributed by atoms with van der Waals surface area (Å²) in [5, 5.41) is 0. The van der Waals surface area contributed by atoms with E-state index in [0.717, 1.165) is 19.3 Å². The molecule has 0 bridgehead atoms. The SMILES string of the molecule is C=C1C[C@H](OC(=O)[C@@H](C)Oc2cccc(F)c2)[C@H]2CCCC[C@@H]12. The Hall–Kier alpha value is -1.84. The van der Waals surface area contributed by atoms with Crippen molar-refractivity contribution < 1.29 is 18.7 Å². The first-order chi connectivity index (χ1) is 11.0. The highest BCUT2D eigenvalue weighted by Crippen LogP contribution is 2.46. The number of carbonyl (C=O) groups is 1. The lowest BCUT2D eigenvalue weighted by Crippen LogP contribution is -2.33. The molecule has 2 saturated carbocycles. The number of rotatable bonds is 4. The first-order valence-electron chi connectivity index (χ1n) is 8.35. The van der Waals surface area contributed by atoms with E-state index in [-0.39, 0.29) is 11.9 Å². The molecule has 1 aromatic rings. The quantitative estimate of drug-likeness (QED) is 0.614. The molecule has 4 heteroatoms. The third-order valence-electron chi connectivity index (χ3n) is 4.99. The summed E-state index contributed by atoms with van der Waals surface area (Å²) >= 11 is 0. The van der Waals surface area contributed by atoms with Gasteiger partial charge in [0.2, 0.25) is 0 Å². The van der Waals surface area contributed by atoms with Crippen LogP contribution in [0.15, 0.2) is 36.4 Å². The Morgan fingerprint density at radius 2 is 2.13 bits per heavy atom. The van der Waals surface area contributed by atoms with Gasteiger partial charge in [-0.05, 0) is 37.8 Å². The standard InChI is InChI=1S/C19H23FO3/c1-12-10-18(17-9-4-3-8-16(12)17)23-19(21)13(2)22-15-7-5-6-14(20)11-15/h5-7,11,13,16-18H,1,3-4,8-10H2,2H3/t13-,16+,17+,18+/m1/s1. The Morgan fingerprint density at radius 3 is 2.91 bits per heavy atom. The van der Waals surface area contributed by atoms with Crippen LogP contribution >= 0.6 is 0 Å². The van der Waals surface area contributed by atoms with E-state index in [9.17, 15) is 9.18 Å². The zero-order valence-corrected chi connectivity index (χ0v) is 13.5. The summed E-state index contributed by atoms with van der Waals surface area (Å²) in [5.41, 5.74) is 1.21. The van der Waals surface area contributed by atoms with E-state index >= 15 is 0 Å². The molecule has 0 radical (unpaired) electrons. The van der Waals surface area contributed by atoms with Crippen molar-refractivity contribution in [2.45, 2.75) is 51.2 Å². The maximum absolute atomic E-state index is 13.2. The fraction of sp³-hybridized carbons (Fsp3) is 0.526. The van der Waals surface area contributed by atoms with Crippen LogP contribution in [0.1, 0.15) is 39.0 Å². The zero-order valence-electron chi connectivity index (χ0n) is 13.5. The molecule has 23 heavy (non-hydrogen) atoms. The summed E-state index contributed by atoms with van der Waals surface area (Å²) in [6, 6.07) is 5.78. The molecule has 4 atom stereocenters. The molecule has 0 saturated heterocycles. The molecule has 0 unspecified atom stereocenters. The van der Waals surface area contributed by atoms with Crippen molar-refractivity contribution in [3.63, 3.8) is 0 Å². The van der Waals surface area contributed by atoms with E-state index in [1.807, 2.05) is 0 Å². The minimum absolute atomic E-state index is 0.0844. The van der Waals surface area contributed by atoms with Crippen LogP contribution in [-0.2, 0) is 9.53 Å². The molecule has 3 rings (SSSR count). The van der Waals surface area contributed by atoms with Gasteiger partial charge in [0, 0.05) is 18.4 Å². The molecule has 1 aromatic carbocycles. The summed E-state index contributed by atoms with van der Waals surface area (Å²) in [6.45, 7) is 5.79. The van der Waals surface area contributed by atoms with Crippen molar-refractivity contribution in [2.75, 3.05) is 0 Å². The molecule has 2 fully saturated rings. The monoisotopic (exact) mass is 318 g/mol. The number of hydrogen-bond acceptors (Lipinski definition) is 3. The second kappa shape index (κ2) is 6.73. The molecule has 124 valence electrons. The van der Waals surface area contributed by atoms with Crippen LogP contribution in [0.5, 0.6) is 5.75 Å². The Bertz CT molecular complexity index is 598. The van der Waals surface area contributed by atoms with E-state index in [1.54, 1.807) is 19.1 Å². The highest BCUT2D eigenvalue weighted by atomic mass is 19.1. The summed E-state index contributed by atoms with van der Waals surface area (Å²) in [5.74, 6) is 0.460. The van der Waals surface area contributed by atoms with Crippen molar-refractivity contribution in [3.05, 3.63) is 42.2 Å². The molecule has 2 aliphatic rings. The number of halogens is 1. The van der Waals surface area contributed by atoms with Gasteiger partial charge in [-0.1, -0.05) is 31.1 Å². The van der Waals surface area contributed by atoms with Gasteiger partial charge < -0.3 is 9.47 Å². The summed E-state index contributed by atoms with van der Waals surface area (Å²) in [6.07, 6.45) is 4.60. The number of esters is 1. The van der Waals surface area contributed by atoms with Crippen LogP contribution in [0.25, 0.3) is 0 Å². The van der Waals surface area contributed by atoms with Crippen LogP contribution in [-0.4, -0.2) is 18.2 Å². The average Bonchev–Trinajstić information content (AvgIpc) is 2.84. The van der Waals surface area contributed by atoms with Gasteiger partial charge in [-0.2, -0.15) is 0 Å². The first kappa shape index (κ1) is 16.0. The first-order valence-corrected chi connectivity index (χ1v) is 8.35. The number of hydrogen-bond donors (Lipinski definition) is 0. The normalized spacial score (nSPS) is 28.1. The van der Waals surface area contributed by atoms with Gasteiger partial charge in [-0.3, -0.25) is 0 Å². The summed E-state index contributed by atoms with van der Waals surface area (Å²) < 4.78 is 24.4. The van der Waals surface area contributed by atoms with Crippen LogP contribution in [0.2, 0.25) is 0 Å². The lowest BCUT2D eigenvalue weighted by Gasteiger charge is -2.29. The van der Waals surface area contributed by atoms with Crippen molar-refractivity contribution >= 4 is 5.97 Å². The van der Waals surface area contributed by atoms with Gasteiger partial charge in [0.1, 0.15) is 17.7 Å². The van der Waals surface area contributed by atoms with E-state index in [1.165, 1.54) is 30.5 Å². The smallest absolute Gasteiger partial charge is 0.347 e. The zero-order chi connectivity index (χ0) is 16.4. The number of ether oxygens (including phenoxy) is 2. The van der Waals surface area contributed by atoms with Crippen LogP contribution < -0.4 is 4.74 Å². The van der Waals surface area contributed by atoms with Crippen LogP contribution in [0.4, 0.5) is 4.39 Å². The number of carbonyl (C=O) groups excluding carboxylic acids is 1. The molecule has 2 aliphatic carbocycles. The van der Waals surface area contributed by atoms with Crippen molar-refractivity contribution in [1.29, 1.82) is 0 Å². The maximum Gasteiger partial charge on any atom is 0.347 e. The highest BCUT2D eigenvalue weighted by Gasteiger charge is 2.42. The fourth-order valence-electron chi connectivity index (χ4n) is 3.84. The summed E-state index contributed by atoms with van der Waals surface area (Å²) in [7, 11) is 0. The molecule has 3 nitrogen and oxygen atoms in total. The molecule has 0 amide bonds. The van der Waals surface area contributed by atoms with Gasteiger partial charge in [0.25, 0.3) is 0 Å². The topological polar surface area (TPSA) is 35.5 Å². The number of fused-ring (bicyclic) bond motifs is 1. The maximum atomic E-state index is 13.2. The molecule has 0 N–H and O–H groups in total. The van der Waals surface area contributed by atoms with E-state index in [4.69, 9.17) is 9.47 Å². The minimum Gasteiger partial charge on any atom is -0.479 e. The lowest BCUT2D eigenvalue weighted by atomic mass is 9.80. The van der Waals surface area contributed by atoms with Gasteiger partial charge in [-0.15, -0.1) is 0 Å². The van der Waals surface area contributed by atoms with Gasteiger partial charge in [0.05, 0.1) is 0 Å². The third kappa shape index (κ3) is 3.57. The summed E-state index contributed by atoms with van der Waals surface area (Å²) in [4.78, 5) is 12.3. The van der Waals surface area contributed by atoms with E-state index in [2.05, 4.69) is 6.58 Å². The van der Waals surface area contributed by atoms with Gasteiger partial charge >= 0.3 is 5.97 Å². The van der Waals surface area contributed by atoms with Crippen molar-refractivity contribution in [2.24, 2.45) is 11.8 Å². The molecule has 0 spiro atoms. The predicted octanol–water partition coefficient (Wildman–Crippen LogP) is 4.27. The van der Waals surface area contributed by atoms with Gasteiger partial charge in [0.15, 0.2) is 6.10 Å². The third-order valence-corrected chi connectivity index (χ3v) is 4.99. The Balaban J connectivity index is 1.59. The van der Waals surface area contributed by atoms with Crippen molar-refractivity contribution in [1.82, 2.24) is 0 Å². The lowest BCUT2D eigenvalue weighted by molar-refractivity contribution is -0.159. The Kier molecular flexibility index (Phi) is 4.69. The van der Waals surface area contributed by atoms with Crippen molar-refractivity contribution in [3.8, 4) is 5.75 Å². The van der Waals surface area contributed by atoms with E-state index < -0.39 is 12.1 Å². The minimum atomic E-state index is -0.757. The molecular weight excluding hydrogens is 295 g/mol. The van der Waals surface area contributed by atoms with Crippen LogP contribution in [0.3, 0.4) is 0 Å². The van der Waals surface area contributed by atoms with Gasteiger partial charge in [-0.25, -0.2) is 9.18 Å². The highest BCUT2D eigenvalue weighted by molar-refractivity contribution is 5.75. The largest absolute Gasteiger partial charge is 0.479 e. The Morgan fingerprint density at radius 1 is 1.35 bits per heavy atom. The predicted molar refractivity (Wildman–Crippen MR) is 85.6 cm³/mol. The second-order valence-corrected chi connectivity index (χ2v) is 6.61. The van der Waals surface area contributed by atoms with Crippen LogP contribution in [0, 0.1) is 17.7 Å². The molecule has 0 aromatic heterocycles. The fourth-order valence-corrected chi connectivity index (χ4v) is 3.84. The number of benzene rings is 1. The Labute approximate surface area is 136 Å². The average molecular weight is 318 g/mol. The molecular formula is C19H23FO3. The second-order valence-electron chi connectivity index (χ2n) is 6.61. The molecule has 0 aliphatic heterocycles. The molecule has 0 heterocycles. The van der Waals surface area contributed by atoms with E-state index in [0.29, 0.717) is 17.6 Å².